The first-order chi connectivity index (χ1) is 14.8. The van der Waals surface area contributed by atoms with Crippen LogP contribution in [0, 0.1) is 13.8 Å². The normalized spacial score (nSPS) is 13.3. The van der Waals surface area contributed by atoms with Gasteiger partial charge in [0.1, 0.15) is 5.82 Å². The van der Waals surface area contributed by atoms with Gasteiger partial charge in [-0.15, -0.1) is 0 Å². The molecule has 7 nitrogen and oxygen atoms in total. The summed E-state index contributed by atoms with van der Waals surface area (Å²) in [6, 6.07) is 3.95. The number of rotatable bonds is 4. The van der Waals surface area contributed by atoms with Gasteiger partial charge < -0.3 is 10.2 Å². The van der Waals surface area contributed by atoms with Crippen LogP contribution in [0.1, 0.15) is 35.5 Å². The van der Waals surface area contributed by atoms with Gasteiger partial charge in [-0.05, 0) is 44.9 Å². The van der Waals surface area contributed by atoms with Crippen LogP contribution in [0.4, 0.5) is 15.7 Å². The molecule has 4 rings (SSSR count). The molecule has 31 heavy (non-hydrogen) atoms. The highest BCUT2D eigenvalue weighted by Gasteiger charge is 2.23. The third-order valence-corrected chi connectivity index (χ3v) is 6.31. The van der Waals surface area contributed by atoms with Crippen LogP contribution >= 0.6 is 22.9 Å². The number of hydrogen-bond acceptors (Lipinski definition) is 6. The second kappa shape index (κ2) is 8.80. The molecular formula is C22H25ClN6OS. The third kappa shape index (κ3) is 4.80. The molecule has 0 bridgehead atoms. The number of urea groups is 1. The minimum atomic E-state index is -0.233. The van der Waals surface area contributed by atoms with Crippen molar-refractivity contribution in [3.05, 3.63) is 51.2 Å². The summed E-state index contributed by atoms with van der Waals surface area (Å²) in [5, 5.41) is 6.85. The number of thiazole rings is 1. The van der Waals surface area contributed by atoms with Gasteiger partial charge in [0.05, 0.1) is 23.0 Å². The van der Waals surface area contributed by atoms with Crippen LogP contribution in [0.2, 0.25) is 5.02 Å². The number of fused-ring (bicyclic) bond motifs is 1. The fourth-order valence-corrected chi connectivity index (χ4v) is 4.83. The Morgan fingerprint density at radius 2 is 2.03 bits per heavy atom. The Morgan fingerprint density at radius 1 is 1.23 bits per heavy atom. The summed E-state index contributed by atoms with van der Waals surface area (Å²) in [5.74, 6) is 0.854. The SMILES string of the molecule is Cc1cnc(-c2cc(N3CCc4nc(NC(=O)NC(C)C)sc4C3)ncc2Cl)c(C)c1. The maximum absolute atomic E-state index is 12.0. The highest BCUT2D eigenvalue weighted by Crippen LogP contribution is 2.34. The number of aryl methyl sites for hydroxylation is 2. The van der Waals surface area contributed by atoms with Crippen LogP contribution in [-0.4, -0.2) is 33.6 Å². The van der Waals surface area contributed by atoms with E-state index in [-0.39, 0.29) is 12.1 Å². The van der Waals surface area contributed by atoms with Gasteiger partial charge in [-0.1, -0.05) is 29.0 Å². The number of hydrogen-bond donors (Lipinski definition) is 2. The Morgan fingerprint density at radius 3 is 2.77 bits per heavy atom. The summed E-state index contributed by atoms with van der Waals surface area (Å²) in [5.41, 5.74) is 4.99. The molecule has 4 heterocycles. The summed E-state index contributed by atoms with van der Waals surface area (Å²) in [4.78, 5) is 29.1. The molecular weight excluding hydrogens is 432 g/mol. The van der Waals surface area contributed by atoms with Gasteiger partial charge >= 0.3 is 6.03 Å². The summed E-state index contributed by atoms with van der Waals surface area (Å²) in [6.07, 6.45) is 4.34. The monoisotopic (exact) mass is 456 g/mol. The van der Waals surface area contributed by atoms with Crippen LogP contribution in [0.15, 0.2) is 24.5 Å². The van der Waals surface area contributed by atoms with E-state index < -0.39 is 0 Å². The zero-order valence-corrected chi connectivity index (χ0v) is 19.6. The second-order valence-corrected chi connectivity index (χ2v) is 9.50. The van der Waals surface area contributed by atoms with Crippen molar-refractivity contribution in [3.8, 4) is 11.3 Å². The molecule has 0 saturated heterocycles. The van der Waals surface area contributed by atoms with Crippen LogP contribution in [-0.2, 0) is 13.0 Å². The average molecular weight is 457 g/mol. The van der Waals surface area contributed by atoms with Crippen molar-refractivity contribution in [3.63, 3.8) is 0 Å². The smallest absolute Gasteiger partial charge is 0.321 e. The van der Waals surface area contributed by atoms with E-state index in [2.05, 4.69) is 36.6 Å². The lowest BCUT2D eigenvalue weighted by Crippen LogP contribution is -2.34. The first kappa shape index (κ1) is 21.5. The number of carbonyl (C=O) groups excluding carboxylic acids is 1. The van der Waals surface area contributed by atoms with Crippen molar-refractivity contribution in [2.24, 2.45) is 0 Å². The van der Waals surface area contributed by atoms with Gasteiger partial charge in [0.15, 0.2) is 5.13 Å². The number of carbonyl (C=O) groups is 1. The second-order valence-electron chi connectivity index (χ2n) is 8.01. The molecule has 9 heteroatoms. The Labute approximate surface area is 190 Å². The summed E-state index contributed by atoms with van der Waals surface area (Å²) in [7, 11) is 0. The Hall–Kier alpha value is -2.71. The van der Waals surface area contributed by atoms with E-state index in [1.165, 1.54) is 11.3 Å². The number of pyridine rings is 2. The Kier molecular flexibility index (Phi) is 6.11. The predicted octanol–water partition coefficient (Wildman–Crippen LogP) is 4.96. The van der Waals surface area contributed by atoms with Gasteiger partial charge in [-0.2, -0.15) is 0 Å². The molecule has 1 aliphatic rings. The number of halogens is 1. The first-order valence-electron chi connectivity index (χ1n) is 10.2. The highest BCUT2D eigenvalue weighted by atomic mass is 35.5. The zero-order chi connectivity index (χ0) is 22.1. The van der Waals surface area contributed by atoms with Gasteiger partial charge in [-0.3, -0.25) is 10.3 Å². The first-order valence-corrected chi connectivity index (χ1v) is 11.4. The van der Waals surface area contributed by atoms with Gasteiger partial charge in [0.2, 0.25) is 0 Å². The molecule has 0 spiro atoms. The lowest BCUT2D eigenvalue weighted by molar-refractivity contribution is 0.250. The van der Waals surface area contributed by atoms with Crippen molar-refractivity contribution in [1.82, 2.24) is 20.3 Å². The van der Waals surface area contributed by atoms with Crippen LogP contribution in [0.25, 0.3) is 11.3 Å². The molecule has 0 aliphatic carbocycles. The molecule has 0 radical (unpaired) electrons. The quantitative estimate of drug-likeness (QED) is 0.579. The standard InChI is InChI=1S/C22H25ClN6OS/c1-12(2)26-21(30)28-22-27-17-5-6-29(11-18(17)31-22)19-8-15(16(23)10-24-19)20-14(4)7-13(3)9-25-20/h7-10,12H,5-6,11H2,1-4H3,(H2,26,27,28,30). The van der Waals surface area contributed by atoms with E-state index in [1.54, 1.807) is 6.20 Å². The molecule has 2 amide bonds. The average Bonchev–Trinajstić information content (AvgIpc) is 3.09. The van der Waals surface area contributed by atoms with Crippen molar-refractivity contribution >= 4 is 39.9 Å². The molecule has 0 fully saturated rings. The maximum atomic E-state index is 12.0. The van der Waals surface area contributed by atoms with E-state index in [0.29, 0.717) is 16.7 Å². The van der Waals surface area contributed by atoms with Crippen molar-refractivity contribution in [2.75, 3.05) is 16.8 Å². The lowest BCUT2D eigenvalue weighted by atomic mass is 10.1. The van der Waals surface area contributed by atoms with E-state index >= 15 is 0 Å². The number of nitrogens with one attached hydrogen (secondary N) is 2. The van der Waals surface area contributed by atoms with E-state index in [4.69, 9.17) is 11.6 Å². The fraction of sp³-hybridized carbons (Fsp3) is 0.364. The minimum Gasteiger partial charge on any atom is -0.351 e. The summed E-state index contributed by atoms with van der Waals surface area (Å²) >= 11 is 7.98. The Balaban J connectivity index is 1.55. The molecule has 162 valence electrons. The number of anilines is 2. The van der Waals surface area contributed by atoms with E-state index in [0.717, 1.165) is 51.7 Å². The maximum Gasteiger partial charge on any atom is 0.321 e. The largest absolute Gasteiger partial charge is 0.351 e. The molecule has 2 N–H and O–H groups in total. The minimum absolute atomic E-state index is 0.0712. The number of amides is 2. The molecule has 0 atom stereocenters. The molecule has 0 aromatic carbocycles. The van der Waals surface area contributed by atoms with Gasteiger partial charge in [0.25, 0.3) is 0 Å². The van der Waals surface area contributed by atoms with Crippen molar-refractivity contribution < 1.29 is 4.79 Å². The van der Waals surface area contributed by atoms with Crippen molar-refractivity contribution in [1.29, 1.82) is 0 Å². The Bertz CT molecular complexity index is 1130. The van der Waals surface area contributed by atoms with Crippen LogP contribution in [0.5, 0.6) is 0 Å². The molecule has 3 aromatic heterocycles. The van der Waals surface area contributed by atoms with Crippen molar-refractivity contribution in [2.45, 2.75) is 46.7 Å². The third-order valence-electron chi connectivity index (χ3n) is 5.01. The zero-order valence-electron chi connectivity index (χ0n) is 18.0. The highest BCUT2D eigenvalue weighted by molar-refractivity contribution is 7.15. The molecule has 0 unspecified atom stereocenters. The molecule has 0 saturated carbocycles. The van der Waals surface area contributed by atoms with Crippen LogP contribution < -0.4 is 15.5 Å². The molecule has 1 aliphatic heterocycles. The number of aromatic nitrogens is 3. The topological polar surface area (TPSA) is 83.0 Å². The number of nitrogens with zero attached hydrogens (tertiary/aromatic N) is 4. The predicted molar refractivity (Wildman–Crippen MR) is 126 cm³/mol. The molecule has 3 aromatic rings. The van der Waals surface area contributed by atoms with Gasteiger partial charge in [0, 0.05) is 41.8 Å². The fourth-order valence-electron chi connectivity index (χ4n) is 3.62. The van der Waals surface area contributed by atoms with E-state index in [1.807, 2.05) is 40.0 Å². The van der Waals surface area contributed by atoms with Crippen LogP contribution in [0.3, 0.4) is 0 Å². The lowest BCUT2D eigenvalue weighted by Gasteiger charge is -2.27. The summed E-state index contributed by atoms with van der Waals surface area (Å²) < 4.78 is 0. The summed E-state index contributed by atoms with van der Waals surface area (Å²) in [6.45, 7) is 9.40. The van der Waals surface area contributed by atoms with E-state index in [9.17, 15) is 4.79 Å². The van der Waals surface area contributed by atoms with Gasteiger partial charge in [-0.25, -0.2) is 14.8 Å².